The lowest BCUT2D eigenvalue weighted by Crippen LogP contribution is -2.61. The molecule has 0 bridgehead atoms. The third-order valence-corrected chi connectivity index (χ3v) is 7.01. The maximum absolute atomic E-state index is 14.1. The zero-order valence-electron chi connectivity index (χ0n) is 15.0. The Labute approximate surface area is 158 Å². The first-order valence-electron chi connectivity index (χ1n) is 8.91. The number of nitrogens with zero attached hydrogens (tertiary/aromatic N) is 2. The predicted octanol–water partition coefficient (Wildman–Crippen LogP) is 2.15. The van der Waals surface area contributed by atoms with Crippen molar-refractivity contribution in [2.75, 3.05) is 23.0 Å². The molecule has 0 spiro atoms. The summed E-state index contributed by atoms with van der Waals surface area (Å²) >= 11 is 0. The third kappa shape index (κ3) is 3.49. The summed E-state index contributed by atoms with van der Waals surface area (Å²) in [5.74, 6) is -0.578. The van der Waals surface area contributed by atoms with Gasteiger partial charge in [0.15, 0.2) is 9.84 Å². The van der Waals surface area contributed by atoms with Gasteiger partial charge in [0, 0.05) is 23.8 Å². The van der Waals surface area contributed by atoms with Crippen LogP contribution in [-0.2, 0) is 21.2 Å². The van der Waals surface area contributed by atoms with Crippen molar-refractivity contribution in [3.05, 3.63) is 65.5 Å². The maximum atomic E-state index is 14.1. The number of hydrogen-bond acceptors (Lipinski definition) is 4. The highest BCUT2D eigenvalue weighted by molar-refractivity contribution is 7.91. The molecule has 0 unspecified atom stereocenters. The second-order valence-corrected chi connectivity index (χ2v) is 9.46. The van der Waals surface area contributed by atoms with Gasteiger partial charge in [0.05, 0.1) is 24.1 Å². The molecule has 2 aliphatic heterocycles. The Morgan fingerprint density at radius 3 is 2.56 bits per heavy atom. The van der Waals surface area contributed by atoms with Crippen LogP contribution in [0.4, 0.5) is 10.1 Å². The molecule has 2 saturated heterocycles. The van der Waals surface area contributed by atoms with Gasteiger partial charge in [0.1, 0.15) is 5.82 Å². The summed E-state index contributed by atoms with van der Waals surface area (Å²) in [5.41, 5.74) is 2.20. The summed E-state index contributed by atoms with van der Waals surface area (Å²) < 4.78 is 38.8. The second-order valence-electron chi connectivity index (χ2n) is 7.31. The van der Waals surface area contributed by atoms with Crippen molar-refractivity contribution >= 4 is 21.4 Å². The van der Waals surface area contributed by atoms with Crippen LogP contribution >= 0.6 is 0 Å². The molecular weight excluding hydrogens is 367 g/mol. The molecule has 0 aliphatic carbocycles. The second kappa shape index (κ2) is 6.73. The van der Waals surface area contributed by atoms with Crippen LogP contribution < -0.4 is 4.90 Å². The van der Waals surface area contributed by atoms with Gasteiger partial charge in [-0.25, -0.2) is 12.8 Å². The molecule has 0 aromatic heterocycles. The summed E-state index contributed by atoms with van der Waals surface area (Å²) in [5, 5.41) is 0. The lowest BCUT2D eigenvalue weighted by Gasteiger charge is -2.43. The van der Waals surface area contributed by atoms with Crippen LogP contribution in [0.25, 0.3) is 0 Å². The highest BCUT2D eigenvalue weighted by Crippen LogP contribution is 2.33. The largest absolute Gasteiger partial charge is 0.306 e. The van der Waals surface area contributed by atoms with Gasteiger partial charge in [0.25, 0.3) is 0 Å². The first-order chi connectivity index (χ1) is 12.8. The number of aryl methyl sites for hydroxylation is 1. The number of amides is 1. The minimum atomic E-state index is -3.27. The van der Waals surface area contributed by atoms with Gasteiger partial charge in [0.2, 0.25) is 5.91 Å². The monoisotopic (exact) mass is 388 g/mol. The molecule has 7 heteroatoms. The molecule has 0 radical (unpaired) electrons. The van der Waals surface area contributed by atoms with E-state index in [2.05, 4.69) is 0 Å². The molecular formula is C20H21FN2O3S. The molecule has 5 nitrogen and oxygen atoms in total. The summed E-state index contributed by atoms with van der Waals surface area (Å²) in [6.07, 6.45) is 0. The molecule has 2 aliphatic rings. The number of carbonyl (C=O) groups is 1. The fourth-order valence-electron chi connectivity index (χ4n) is 4.09. The van der Waals surface area contributed by atoms with E-state index in [0.29, 0.717) is 5.56 Å². The van der Waals surface area contributed by atoms with E-state index in [1.54, 1.807) is 23.1 Å². The predicted molar refractivity (Wildman–Crippen MR) is 102 cm³/mol. The molecule has 0 saturated carbocycles. The summed E-state index contributed by atoms with van der Waals surface area (Å²) in [4.78, 5) is 16.4. The van der Waals surface area contributed by atoms with Crippen molar-refractivity contribution in [2.24, 2.45) is 0 Å². The van der Waals surface area contributed by atoms with Gasteiger partial charge in [-0.3, -0.25) is 9.69 Å². The van der Waals surface area contributed by atoms with Crippen LogP contribution in [0.15, 0.2) is 48.5 Å². The molecule has 4 rings (SSSR count). The smallest absolute Gasteiger partial charge is 0.241 e. The molecule has 2 atom stereocenters. The molecule has 142 valence electrons. The Morgan fingerprint density at radius 2 is 1.81 bits per heavy atom. The minimum absolute atomic E-state index is 0.0122. The number of sulfone groups is 1. The summed E-state index contributed by atoms with van der Waals surface area (Å²) in [7, 11) is -3.27. The Morgan fingerprint density at radius 1 is 1.07 bits per heavy atom. The number of carbonyl (C=O) groups excluding carboxylic acids is 1. The standard InChI is InChI=1S/C20H21FN2O3S/c1-14-5-4-7-16(9-14)23-19-13-27(25,26)12-18(19)22(11-20(23)24)10-15-6-2-3-8-17(15)21/h2-9,18-19H,10-13H2,1H3/t18-,19+/m0/s1. The van der Waals surface area contributed by atoms with Crippen LogP contribution in [0.3, 0.4) is 0 Å². The van der Waals surface area contributed by atoms with Crippen LogP contribution in [-0.4, -0.2) is 49.4 Å². The Kier molecular flexibility index (Phi) is 4.52. The molecule has 2 aromatic rings. The van der Waals surface area contributed by atoms with Gasteiger partial charge in [-0.15, -0.1) is 0 Å². The van der Waals surface area contributed by atoms with Crippen LogP contribution in [0.1, 0.15) is 11.1 Å². The topological polar surface area (TPSA) is 57.7 Å². The van der Waals surface area contributed by atoms with E-state index in [4.69, 9.17) is 0 Å². The summed E-state index contributed by atoms with van der Waals surface area (Å²) in [6, 6.07) is 13.1. The van der Waals surface area contributed by atoms with Crippen molar-refractivity contribution in [2.45, 2.75) is 25.6 Å². The van der Waals surface area contributed by atoms with Crippen LogP contribution in [0, 0.1) is 12.7 Å². The number of piperazine rings is 1. The molecule has 2 fully saturated rings. The normalized spacial score (nSPS) is 24.8. The number of benzene rings is 2. The highest BCUT2D eigenvalue weighted by Gasteiger charge is 2.49. The first kappa shape index (κ1) is 18.1. The molecule has 2 aromatic carbocycles. The van der Waals surface area contributed by atoms with Gasteiger partial charge in [-0.05, 0) is 30.7 Å². The number of hydrogen-bond donors (Lipinski definition) is 0. The average molecular weight is 388 g/mol. The third-order valence-electron chi connectivity index (χ3n) is 5.31. The van der Waals surface area contributed by atoms with E-state index in [1.165, 1.54) is 6.07 Å². The maximum Gasteiger partial charge on any atom is 0.241 e. The van der Waals surface area contributed by atoms with Crippen molar-refractivity contribution in [3.63, 3.8) is 0 Å². The van der Waals surface area contributed by atoms with E-state index < -0.39 is 15.9 Å². The minimum Gasteiger partial charge on any atom is -0.306 e. The fraction of sp³-hybridized carbons (Fsp3) is 0.350. The average Bonchev–Trinajstić information content (AvgIpc) is 2.92. The number of halogens is 1. The van der Waals surface area contributed by atoms with Crippen molar-refractivity contribution in [3.8, 4) is 0 Å². The van der Waals surface area contributed by atoms with E-state index in [0.717, 1.165) is 11.3 Å². The molecule has 2 heterocycles. The fourth-order valence-corrected chi connectivity index (χ4v) is 6.07. The van der Waals surface area contributed by atoms with Gasteiger partial charge >= 0.3 is 0 Å². The van der Waals surface area contributed by atoms with Crippen LogP contribution in [0.2, 0.25) is 0 Å². The van der Waals surface area contributed by atoms with E-state index >= 15 is 0 Å². The lowest BCUT2D eigenvalue weighted by molar-refractivity contribution is -0.123. The first-order valence-corrected chi connectivity index (χ1v) is 10.7. The summed E-state index contributed by atoms with van der Waals surface area (Å²) in [6.45, 7) is 2.22. The number of anilines is 1. The molecule has 1 amide bonds. The van der Waals surface area contributed by atoms with Gasteiger partial charge in [-0.1, -0.05) is 30.3 Å². The number of fused-ring (bicyclic) bond motifs is 1. The van der Waals surface area contributed by atoms with Gasteiger partial charge < -0.3 is 4.90 Å². The van der Waals surface area contributed by atoms with Gasteiger partial charge in [-0.2, -0.15) is 0 Å². The molecule has 0 N–H and O–H groups in total. The molecule has 27 heavy (non-hydrogen) atoms. The van der Waals surface area contributed by atoms with E-state index in [1.807, 2.05) is 36.1 Å². The van der Waals surface area contributed by atoms with Crippen LogP contribution in [0.5, 0.6) is 0 Å². The quantitative estimate of drug-likeness (QED) is 0.809. The van der Waals surface area contributed by atoms with Crippen molar-refractivity contribution < 1.29 is 17.6 Å². The zero-order valence-corrected chi connectivity index (χ0v) is 15.8. The lowest BCUT2D eigenvalue weighted by atomic mass is 10.0. The Hall–Kier alpha value is -2.25. The van der Waals surface area contributed by atoms with Crippen molar-refractivity contribution in [1.29, 1.82) is 0 Å². The van der Waals surface area contributed by atoms with Crippen molar-refractivity contribution in [1.82, 2.24) is 4.90 Å². The number of rotatable bonds is 3. The highest BCUT2D eigenvalue weighted by atomic mass is 32.2. The van der Waals surface area contributed by atoms with E-state index in [-0.39, 0.29) is 42.4 Å². The Balaban J connectivity index is 1.69. The zero-order chi connectivity index (χ0) is 19.2. The Bertz CT molecular complexity index is 992. The van der Waals surface area contributed by atoms with E-state index in [9.17, 15) is 17.6 Å². The SMILES string of the molecule is Cc1cccc(N2C(=O)CN(Cc3ccccc3F)[C@H]3CS(=O)(=O)C[C@H]32)c1.